The fraction of sp³-hybridized carbons (Fsp3) is 0.565. The largest absolute Gasteiger partial charge is 0.389 e. The van der Waals surface area contributed by atoms with Crippen LogP contribution in [-0.2, 0) is 10.8 Å². The van der Waals surface area contributed by atoms with E-state index >= 15 is 0 Å². The normalized spacial score (nSPS) is 24.1. The molecule has 8 nitrogen and oxygen atoms in total. The Morgan fingerprint density at radius 3 is 2.41 bits per heavy atom. The number of benzene rings is 1. The molecule has 2 aromatic rings. The quantitative estimate of drug-likeness (QED) is 0.562. The zero-order chi connectivity index (χ0) is 24.4. The van der Waals surface area contributed by atoms with Crippen molar-refractivity contribution in [3.63, 3.8) is 0 Å². The third-order valence-electron chi connectivity index (χ3n) is 6.66. The lowest BCUT2D eigenvalue weighted by Crippen LogP contribution is -2.57. The highest BCUT2D eigenvalue weighted by molar-refractivity contribution is 7.84. The second kappa shape index (κ2) is 10.6. The van der Waals surface area contributed by atoms with Gasteiger partial charge >= 0.3 is 0 Å². The summed E-state index contributed by atoms with van der Waals surface area (Å²) < 4.78 is 40.3. The van der Waals surface area contributed by atoms with Gasteiger partial charge in [-0.25, -0.2) is 18.7 Å². The van der Waals surface area contributed by atoms with Crippen molar-refractivity contribution in [3.8, 4) is 0 Å². The highest BCUT2D eigenvalue weighted by Crippen LogP contribution is 2.29. The van der Waals surface area contributed by atoms with Gasteiger partial charge in [0.1, 0.15) is 17.9 Å². The summed E-state index contributed by atoms with van der Waals surface area (Å²) in [7, 11) is -1.63. The molecule has 3 N–H and O–H groups in total. The molecule has 0 amide bonds. The van der Waals surface area contributed by atoms with E-state index in [0.29, 0.717) is 17.9 Å². The summed E-state index contributed by atoms with van der Waals surface area (Å²) in [6, 6.07) is 1.67. The molecule has 1 aromatic heterocycles. The molecule has 2 saturated heterocycles. The van der Waals surface area contributed by atoms with Gasteiger partial charge < -0.3 is 20.4 Å². The first-order valence-corrected chi connectivity index (χ1v) is 13.1. The minimum absolute atomic E-state index is 0.0368. The predicted molar refractivity (Wildman–Crippen MR) is 126 cm³/mol. The fourth-order valence-corrected chi connectivity index (χ4v) is 5.32. The minimum atomic E-state index is -1.63. The number of nitrogens with zero attached hydrogens (tertiary/aromatic N) is 4. The van der Waals surface area contributed by atoms with Gasteiger partial charge in [-0.15, -0.1) is 0 Å². The number of hydrogen-bond acceptors (Lipinski definition) is 8. The Balaban J connectivity index is 1.38. The Labute approximate surface area is 200 Å². The highest BCUT2D eigenvalue weighted by atomic mass is 32.2. The van der Waals surface area contributed by atoms with E-state index in [2.05, 4.69) is 20.2 Å². The van der Waals surface area contributed by atoms with Gasteiger partial charge in [0, 0.05) is 56.0 Å². The topological polar surface area (TPSA) is 102 Å². The van der Waals surface area contributed by atoms with E-state index in [-0.39, 0.29) is 16.6 Å². The van der Waals surface area contributed by atoms with Gasteiger partial charge in [-0.05, 0) is 38.7 Å². The number of aromatic nitrogens is 2. The molecule has 4 atom stereocenters. The molecule has 3 heterocycles. The number of rotatable bonds is 6. The number of halogens is 2. The van der Waals surface area contributed by atoms with Crippen molar-refractivity contribution < 1.29 is 23.2 Å². The lowest BCUT2D eigenvalue weighted by Gasteiger charge is -2.45. The van der Waals surface area contributed by atoms with E-state index in [0.717, 1.165) is 51.0 Å². The Morgan fingerprint density at radius 2 is 1.79 bits per heavy atom. The number of anilines is 2. The van der Waals surface area contributed by atoms with Crippen LogP contribution in [0.1, 0.15) is 44.3 Å². The van der Waals surface area contributed by atoms with Crippen LogP contribution in [0.4, 0.5) is 20.4 Å². The molecule has 0 bridgehead atoms. The molecular formula is C23H31F2N5O3S. The molecule has 4 rings (SSSR count). The molecule has 11 heteroatoms. The molecule has 0 saturated carbocycles. The van der Waals surface area contributed by atoms with E-state index in [9.17, 15) is 23.2 Å². The summed E-state index contributed by atoms with van der Waals surface area (Å²) in [5.41, 5.74) is 0.632. The van der Waals surface area contributed by atoms with Crippen molar-refractivity contribution in [1.82, 2.24) is 14.9 Å². The maximum atomic E-state index is 14.5. The number of piperidine rings is 2. The van der Waals surface area contributed by atoms with Crippen molar-refractivity contribution in [2.75, 3.05) is 36.1 Å². The highest BCUT2D eigenvalue weighted by Gasteiger charge is 2.36. The molecule has 0 aliphatic carbocycles. The lowest BCUT2D eigenvalue weighted by molar-refractivity contribution is -0.0628. The van der Waals surface area contributed by atoms with Crippen LogP contribution in [0, 0.1) is 11.6 Å². The van der Waals surface area contributed by atoms with E-state index in [4.69, 9.17) is 0 Å². The first kappa shape index (κ1) is 24.9. The van der Waals surface area contributed by atoms with E-state index in [1.165, 1.54) is 6.26 Å². The second-order valence-corrected chi connectivity index (χ2v) is 10.3. The molecule has 34 heavy (non-hydrogen) atoms. The fourth-order valence-electron chi connectivity index (χ4n) is 4.72. The van der Waals surface area contributed by atoms with Gasteiger partial charge in [0.15, 0.2) is 0 Å². The molecule has 1 aromatic carbocycles. The molecule has 2 aliphatic rings. The average molecular weight is 496 g/mol. The van der Waals surface area contributed by atoms with Crippen LogP contribution in [0.3, 0.4) is 0 Å². The molecule has 2 aliphatic heterocycles. The SMILES string of the molecule is CC(O)c1cnc(N2CCC(N3CCCC(Nc4cc(F)c(S(C)=O)cc4F)C3O)CC2)nc1. The Hall–Kier alpha value is -2.21. The molecule has 2 fully saturated rings. The van der Waals surface area contributed by atoms with Gasteiger partial charge in [0.2, 0.25) is 5.95 Å². The van der Waals surface area contributed by atoms with Crippen LogP contribution in [-0.4, -0.2) is 73.5 Å². The van der Waals surface area contributed by atoms with Crippen molar-refractivity contribution in [2.45, 2.75) is 61.9 Å². The number of hydrogen-bond donors (Lipinski definition) is 3. The molecule has 0 radical (unpaired) electrons. The number of nitrogens with one attached hydrogen (secondary N) is 1. The summed E-state index contributed by atoms with van der Waals surface area (Å²) in [5.74, 6) is -0.802. The molecule has 0 spiro atoms. The van der Waals surface area contributed by atoms with Crippen LogP contribution < -0.4 is 10.2 Å². The molecule has 186 valence electrons. The van der Waals surface area contributed by atoms with Crippen molar-refractivity contribution in [1.29, 1.82) is 0 Å². The van der Waals surface area contributed by atoms with Crippen LogP contribution in [0.15, 0.2) is 29.4 Å². The van der Waals surface area contributed by atoms with Crippen molar-refractivity contribution in [2.24, 2.45) is 0 Å². The van der Waals surface area contributed by atoms with Gasteiger partial charge in [-0.3, -0.25) is 9.11 Å². The second-order valence-electron chi connectivity index (χ2n) is 8.97. The van der Waals surface area contributed by atoms with Crippen LogP contribution >= 0.6 is 0 Å². The lowest BCUT2D eigenvalue weighted by atomic mass is 9.96. The maximum Gasteiger partial charge on any atom is 0.225 e. The first-order valence-electron chi connectivity index (χ1n) is 11.5. The van der Waals surface area contributed by atoms with Gasteiger partial charge in [-0.1, -0.05) is 0 Å². The third kappa shape index (κ3) is 5.37. The number of aliphatic hydroxyl groups is 2. The van der Waals surface area contributed by atoms with E-state index < -0.39 is 40.8 Å². The summed E-state index contributed by atoms with van der Waals surface area (Å²) in [4.78, 5) is 12.7. The Morgan fingerprint density at radius 1 is 1.12 bits per heavy atom. The summed E-state index contributed by atoms with van der Waals surface area (Å²) in [6.45, 7) is 3.86. The average Bonchev–Trinajstić information content (AvgIpc) is 2.82. The zero-order valence-electron chi connectivity index (χ0n) is 19.3. The van der Waals surface area contributed by atoms with Crippen LogP contribution in [0.2, 0.25) is 0 Å². The van der Waals surface area contributed by atoms with Gasteiger partial charge in [-0.2, -0.15) is 0 Å². The van der Waals surface area contributed by atoms with E-state index in [1.54, 1.807) is 19.3 Å². The first-order chi connectivity index (χ1) is 16.2. The zero-order valence-corrected chi connectivity index (χ0v) is 20.1. The molecule has 4 unspecified atom stereocenters. The Kier molecular flexibility index (Phi) is 7.76. The standard InChI is InChI=1S/C23H31F2N5O3S/c1-14(31)15-12-26-23(27-13-15)29-8-5-16(6-9-29)30-7-3-4-19(22(30)32)28-20-10-18(25)21(34(2)33)11-17(20)24/h10-14,16,19,22,28,31-32H,3-9H2,1-2H3. The van der Waals surface area contributed by atoms with Crippen LogP contribution in [0.5, 0.6) is 0 Å². The van der Waals surface area contributed by atoms with Crippen molar-refractivity contribution in [3.05, 3.63) is 41.7 Å². The third-order valence-corrected chi connectivity index (χ3v) is 7.59. The summed E-state index contributed by atoms with van der Waals surface area (Å²) in [6.07, 6.45) is 6.19. The predicted octanol–water partition coefficient (Wildman–Crippen LogP) is 2.41. The monoisotopic (exact) mass is 495 g/mol. The van der Waals surface area contributed by atoms with Gasteiger partial charge in [0.25, 0.3) is 0 Å². The number of aliphatic hydroxyl groups excluding tert-OH is 2. The summed E-state index contributed by atoms with van der Waals surface area (Å²) in [5, 5.41) is 23.6. The minimum Gasteiger partial charge on any atom is -0.389 e. The van der Waals surface area contributed by atoms with E-state index in [1.807, 2.05) is 4.90 Å². The van der Waals surface area contributed by atoms with Crippen molar-refractivity contribution >= 4 is 22.4 Å². The smallest absolute Gasteiger partial charge is 0.225 e. The Bertz CT molecular complexity index is 1020. The number of likely N-dealkylation sites (tertiary alicyclic amines) is 1. The van der Waals surface area contributed by atoms with Gasteiger partial charge in [0.05, 0.1) is 33.5 Å². The van der Waals surface area contributed by atoms with Crippen LogP contribution in [0.25, 0.3) is 0 Å². The summed E-state index contributed by atoms with van der Waals surface area (Å²) >= 11 is 0. The maximum absolute atomic E-state index is 14.5. The molecular weight excluding hydrogens is 464 g/mol.